The second kappa shape index (κ2) is 7.47. The van der Waals surface area contributed by atoms with Crippen LogP contribution in [0.4, 0.5) is 0 Å². The van der Waals surface area contributed by atoms with Gasteiger partial charge in [-0.15, -0.1) is 17.8 Å². The summed E-state index contributed by atoms with van der Waals surface area (Å²) in [6.45, 7) is 0.737. The van der Waals surface area contributed by atoms with Gasteiger partial charge >= 0.3 is 0 Å². The van der Waals surface area contributed by atoms with E-state index in [1.807, 2.05) is 11.4 Å². The molecule has 90 valence electrons. The molecule has 2 N–H and O–H groups in total. The highest BCUT2D eigenvalue weighted by Gasteiger charge is 2.05. The molecule has 1 aromatic heterocycles. The van der Waals surface area contributed by atoms with Crippen LogP contribution in [0.2, 0.25) is 0 Å². The maximum atomic E-state index is 11.5. The lowest BCUT2D eigenvalue weighted by Gasteiger charge is -2.03. The minimum absolute atomic E-state index is 0.0895. The Hall–Kier alpha value is -1.80. The third kappa shape index (κ3) is 5.18. The molecule has 5 heteroatoms. The number of nitrogens with one attached hydrogen (secondary N) is 2. The summed E-state index contributed by atoms with van der Waals surface area (Å²) in [5.74, 6) is 2.14. The van der Waals surface area contributed by atoms with Crippen molar-refractivity contribution in [3.63, 3.8) is 0 Å². The molecule has 0 aliphatic heterocycles. The molecular formula is C12H14N2O2S. The standard InChI is InChI=1S/C12H14N2O2S/c1-2-7-13-11(15)6-3-8-14-12(16)10-5-4-9-17-10/h1,4-5,9H,3,6-8H2,(H,13,15)(H,14,16). The van der Waals surface area contributed by atoms with Gasteiger partial charge in [-0.2, -0.15) is 0 Å². The Bertz CT molecular complexity index is 407. The van der Waals surface area contributed by atoms with Crippen LogP contribution in [0.3, 0.4) is 0 Å². The van der Waals surface area contributed by atoms with E-state index in [1.165, 1.54) is 11.3 Å². The van der Waals surface area contributed by atoms with Crippen molar-refractivity contribution in [3.05, 3.63) is 22.4 Å². The molecule has 17 heavy (non-hydrogen) atoms. The molecule has 0 bridgehead atoms. The van der Waals surface area contributed by atoms with Gasteiger partial charge in [-0.25, -0.2) is 0 Å². The molecule has 0 fully saturated rings. The number of terminal acetylenes is 1. The molecule has 4 nitrogen and oxygen atoms in total. The normalized spacial score (nSPS) is 9.35. The number of carbonyl (C=O) groups excluding carboxylic acids is 2. The van der Waals surface area contributed by atoms with Crippen LogP contribution < -0.4 is 10.6 Å². The van der Waals surface area contributed by atoms with Crippen LogP contribution in [-0.2, 0) is 4.79 Å². The van der Waals surface area contributed by atoms with Crippen molar-refractivity contribution in [2.75, 3.05) is 13.1 Å². The smallest absolute Gasteiger partial charge is 0.261 e. The first-order valence-corrected chi connectivity index (χ1v) is 6.14. The summed E-state index contributed by atoms with van der Waals surface area (Å²) in [6.07, 6.45) is 5.98. The van der Waals surface area contributed by atoms with Gasteiger partial charge in [0.05, 0.1) is 11.4 Å². The topological polar surface area (TPSA) is 58.2 Å². The van der Waals surface area contributed by atoms with Gasteiger partial charge in [0, 0.05) is 13.0 Å². The van der Waals surface area contributed by atoms with Crippen LogP contribution >= 0.6 is 11.3 Å². The highest BCUT2D eigenvalue weighted by Crippen LogP contribution is 2.07. The van der Waals surface area contributed by atoms with E-state index in [-0.39, 0.29) is 18.4 Å². The second-order valence-electron chi connectivity index (χ2n) is 3.32. The lowest BCUT2D eigenvalue weighted by Crippen LogP contribution is -2.27. The first-order valence-electron chi connectivity index (χ1n) is 5.26. The molecule has 1 aromatic rings. The van der Waals surface area contributed by atoms with Crippen LogP contribution in [0.5, 0.6) is 0 Å². The zero-order chi connectivity index (χ0) is 12.5. The second-order valence-corrected chi connectivity index (χ2v) is 4.27. The molecule has 0 aliphatic rings. The van der Waals surface area contributed by atoms with Crippen molar-refractivity contribution in [3.8, 4) is 12.3 Å². The molecule has 2 amide bonds. The van der Waals surface area contributed by atoms with E-state index in [1.54, 1.807) is 6.07 Å². The molecule has 0 radical (unpaired) electrons. The number of thiophene rings is 1. The average Bonchev–Trinajstić information content (AvgIpc) is 2.85. The van der Waals surface area contributed by atoms with Crippen molar-refractivity contribution in [2.24, 2.45) is 0 Å². The van der Waals surface area contributed by atoms with Gasteiger partial charge < -0.3 is 10.6 Å². The zero-order valence-corrected chi connectivity index (χ0v) is 10.2. The Labute approximate surface area is 104 Å². The Morgan fingerprint density at radius 1 is 1.41 bits per heavy atom. The number of amides is 2. The van der Waals surface area contributed by atoms with E-state index < -0.39 is 0 Å². The van der Waals surface area contributed by atoms with Crippen LogP contribution in [0, 0.1) is 12.3 Å². The van der Waals surface area contributed by atoms with Gasteiger partial charge in [0.2, 0.25) is 5.91 Å². The van der Waals surface area contributed by atoms with Gasteiger partial charge in [0.1, 0.15) is 0 Å². The highest BCUT2D eigenvalue weighted by molar-refractivity contribution is 7.12. The summed E-state index contributed by atoms with van der Waals surface area (Å²) in [5.41, 5.74) is 0. The molecule has 0 saturated heterocycles. The van der Waals surface area contributed by atoms with Gasteiger partial charge in [-0.05, 0) is 17.9 Å². The van der Waals surface area contributed by atoms with E-state index in [0.29, 0.717) is 24.3 Å². The molecule has 0 aliphatic carbocycles. The predicted octanol–water partition coefficient (Wildman–Crippen LogP) is 1.01. The van der Waals surface area contributed by atoms with E-state index in [0.717, 1.165) is 0 Å². The summed E-state index contributed by atoms with van der Waals surface area (Å²) < 4.78 is 0. The van der Waals surface area contributed by atoms with Crippen molar-refractivity contribution in [2.45, 2.75) is 12.8 Å². The SMILES string of the molecule is C#CCNC(=O)CCCNC(=O)c1cccs1. The Balaban J connectivity index is 2.11. The monoisotopic (exact) mass is 250 g/mol. The zero-order valence-electron chi connectivity index (χ0n) is 9.36. The quantitative estimate of drug-likeness (QED) is 0.584. The number of hydrogen-bond acceptors (Lipinski definition) is 3. The predicted molar refractivity (Wildman–Crippen MR) is 67.7 cm³/mol. The Morgan fingerprint density at radius 2 is 2.24 bits per heavy atom. The largest absolute Gasteiger partial charge is 0.351 e. The van der Waals surface area contributed by atoms with Crippen molar-refractivity contribution in [1.29, 1.82) is 0 Å². The van der Waals surface area contributed by atoms with Crippen molar-refractivity contribution in [1.82, 2.24) is 10.6 Å². The summed E-state index contributed by atoms with van der Waals surface area (Å²) in [6, 6.07) is 3.59. The van der Waals surface area contributed by atoms with Crippen molar-refractivity contribution < 1.29 is 9.59 Å². The summed E-state index contributed by atoms with van der Waals surface area (Å²) in [5, 5.41) is 7.16. The van der Waals surface area contributed by atoms with Crippen LogP contribution in [-0.4, -0.2) is 24.9 Å². The maximum Gasteiger partial charge on any atom is 0.261 e. The summed E-state index contributed by atoms with van der Waals surface area (Å²) >= 11 is 1.39. The molecule has 0 saturated carbocycles. The Kier molecular flexibility index (Phi) is 5.83. The third-order valence-corrected chi connectivity index (χ3v) is 2.87. The first-order chi connectivity index (χ1) is 8.24. The molecule has 0 spiro atoms. The molecular weight excluding hydrogens is 236 g/mol. The van der Waals surface area contributed by atoms with E-state index in [9.17, 15) is 9.59 Å². The van der Waals surface area contributed by atoms with Gasteiger partial charge in [0.15, 0.2) is 0 Å². The number of rotatable bonds is 6. The van der Waals surface area contributed by atoms with Crippen LogP contribution in [0.25, 0.3) is 0 Å². The van der Waals surface area contributed by atoms with E-state index >= 15 is 0 Å². The van der Waals surface area contributed by atoms with Gasteiger partial charge in [-0.1, -0.05) is 12.0 Å². The highest BCUT2D eigenvalue weighted by atomic mass is 32.1. The number of carbonyl (C=O) groups is 2. The van der Waals surface area contributed by atoms with Crippen LogP contribution in [0.1, 0.15) is 22.5 Å². The molecule has 0 aromatic carbocycles. The van der Waals surface area contributed by atoms with E-state index in [2.05, 4.69) is 16.6 Å². The molecule has 0 atom stereocenters. The lowest BCUT2D eigenvalue weighted by molar-refractivity contribution is -0.120. The third-order valence-electron chi connectivity index (χ3n) is 2.00. The van der Waals surface area contributed by atoms with Crippen LogP contribution in [0.15, 0.2) is 17.5 Å². The summed E-state index contributed by atoms with van der Waals surface area (Å²) in [4.78, 5) is 23.3. The molecule has 1 heterocycles. The van der Waals surface area contributed by atoms with Crippen molar-refractivity contribution >= 4 is 23.2 Å². The van der Waals surface area contributed by atoms with Gasteiger partial charge in [0.25, 0.3) is 5.91 Å². The molecule has 0 unspecified atom stereocenters. The minimum atomic E-state index is -0.0935. The molecule has 1 rings (SSSR count). The summed E-state index contributed by atoms with van der Waals surface area (Å²) in [7, 11) is 0. The first kappa shape index (κ1) is 13.3. The minimum Gasteiger partial charge on any atom is -0.351 e. The average molecular weight is 250 g/mol. The lowest BCUT2D eigenvalue weighted by atomic mass is 10.3. The van der Waals surface area contributed by atoms with Gasteiger partial charge in [-0.3, -0.25) is 9.59 Å². The Morgan fingerprint density at radius 3 is 2.88 bits per heavy atom. The van der Waals surface area contributed by atoms with E-state index in [4.69, 9.17) is 6.42 Å². The maximum absolute atomic E-state index is 11.5. The fourth-order valence-corrected chi connectivity index (χ4v) is 1.82. The fraction of sp³-hybridized carbons (Fsp3) is 0.333. The fourth-order valence-electron chi connectivity index (χ4n) is 1.18. The number of hydrogen-bond donors (Lipinski definition) is 2.